The van der Waals surface area contributed by atoms with Gasteiger partial charge in [0, 0.05) is 12.0 Å². The summed E-state index contributed by atoms with van der Waals surface area (Å²) in [5, 5.41) is 8.96. The van der Waals surface area contributed by atoms with Crippen molar-refractivity contribution in [1.82, 2.24) is 0 Å². The summed E-state index contributed by atoms with van der Waals surface area (Å²) in [5.41, 5.74) is 5.93. The maximum atomic E-state index is 10.9. The number of nitrogens with two attached hydrogens (primary N) is 1. The molecule has 2 rings (SSSR count). The average molecular weight is 221 g/mol. The number of carbonyl (C=O) groups is 1. The van der Waals surface area contributed by atoms with Gasteiger partial charge in [0.25, 0.3) is 0 Å². The lowest BCUT2D eigenvalue weighted by Crippen LogP contribution is -2.23. The summed E-state index contributed by atoms with van der Waals surface area (Å²) in [6.45, 7) is 1.11. The van der Waals surface area contributed by atoms with Crippen molar-refractivity contribution < 1.29 is 14.6 Å². The van der Waals surface area contributed by atoms with Crippen LogP contribution in [0.1, 0.15) is 23.2 Å². The van der Waals surface area contributed by atoms with Gasteiger partial charge in [0.1, 0.15) is 11.3 Å². The molecule has 0 saturated heterocycles. The van der Waals surface area contributed by atoms with Crippen molar-refractivity contribution in [3.63, 3.8) is 0 Å². The first-order chi connectivity index (χ1) is 7.67. The summed E-state index contributed by atoms with van der Waals surface area (Å²) >= 11 is 0. The van der Waals surface area contributed by atoms with Crippen molar-refractivity contribution in [2.45, 2.75) is 12.8 Å². The maximum Gasteiger partial charge on any atom is 0.339 e. The van der Waals surface area contributed by atoms with Gasteiger partial charge in [0.15, 0.2) is 0 Å². The van der Waals surface area contributed by atoms with Gasteiger partial charge < -0.3 is 15.6 Å². The second kappa shape index (κ2) is 4.14. The molecule has 0 radical (unpaired) electrons. The highest BCUT2D eigenvalue weighted by atomic mass is 16.5. The van der Waals surface area contributed by atoms with Gasteiger partial charge in [-0.05, 0) is 25.0 Å². The summed E-state index contributed by atoms with van der Waals surface area (Å²) in [6.07, 6.45) is 2.14. The molecular weight excluding hydrogens is 206 g/mol. The summed E-state index contributed by atoms with van der Waals surface area (Å²) in [7, 11) is 0. The van der Waals surface area contributed by atoms with E-state index in [1.807, 2.05) is 0 Å². The molecule has 4 nitrogen and oxygen atoms in total. The molecule has 0 bridgehead atoms. The summed E-state index contributed by atoms with van der Waals surface area (Å²) in [5.74, 6) is -0.539. The smallest absolute Gasteiger partial charge is 0.339 e. The molecule has 1 saturated carbocycles. The van der Waals surface area contributed by atoms with E-state index in [-0.39, 0.29) is 11.0 Å². The van der Waals surface area contributed by atoms with Crippen LogP contribution in [0.5, 0.6) is 5.75 Å². The molecule has 0 spiro atoms. The molecular formula is C12H15NO3. The number of hydrogen-bond donors (Lipinski definition) is 2. The summed E-state index contributed by atoms with van der Waals surface area (Å²) < 4.78 is 5.56. The minimum absolute atomic E-state index is 0.0889. The molecule has 0 heterocycles. The van der Waals surface area contributed by atoms with Crippen molar-refractivity contribution in [1.29, 1.82) is 0 Å². The second-order valence-electron chi connectivity index (χ2n) is 4.29. The minimum Gasteiger partial charge on any atom is -0.492 e. The van der Waals surface area contributed by atoms with E-state index in [2.05, 4.69) is 0 Å². The number of para-hydroxylation sites is 1. The van der Waals surface area contributed by atoms with E-state index in [1.54, 1.807) is 24.3 Å². The molecule has 0 amide bonds. The molecule has 1 aliphatic carbocycles. The van der Waals surface area contributed by atoms with Crippen LogP contribution < -0.4 is 10.5 Å². The first kappa shape index (κ1) is 11.0. The Labute approximate surface area is 94.0 Å². The van der Waals surface area contributed by atoms with E-state index in [9.17, 15) is 4.79 Å². The number of hydrogen-bond acceptors (Lipinski definition) is 3. The van der Waals surface area contributed by atoms with Crippen LogP contribution in [0.2, 0.25) is 0 Å². The molecule has 0 aromatic heterocycles. The van der Waals surface area contributed by atoms with E-state index < -0.39 is 5.97 Å². The van der Waals surface area contributed by atoms with Crippen molar-refractivity contribution in [3.05, 3.63) is 29.8 Å². The molecule has 86 valence electrons. The molecule has 16 heavy (non-hydrogen) atoms. The van der Waals surface area contributed by atoms with Gasteiger partial charge >= 0.3 is 5.97 Å². The minimum atomic E-state index is -0.965. The van der Waals surface area contributed by atoms with E-state index in [0.29, 0.717) is 18.9 Å². The Morgan fingerprint density at radius 3 is 2.69 bits per heavy atom. The van der Waals surface area contributed by atoms with Crippen LogP contribution in [0.25, 0.3) is 0 Å². The number of carboxylic acids is 1. The zero-order valence-electron chi connectivity index (χ0n) is 8.98. The maximum absolute atomic E-state index is 10.9. The third kappa shape index (κ3) is 2.17. The summed E-state index contributed by atoms with van der Waals surface area (Å²) in [6, 6.07) is 6.67. The number of rotatable bonds is 5. The van der Waals surface area contributed by atoms with Gasteiger partial charge in [0.05, 0.1) is 6.61 Å². The Kier molecular flexibility index (Phi) is 2.83. The molecule has 1 aromatic rings. The standard InChI is InChI=1S/C12H15NO3/c13-7-12(5-6-12)8-16-10-4-2-1-3-9(10)11(14)15/h1-4H,5-8,13H2,(H,14,15). The van der Waals surface area contributed by atoms with Gasteiger partial charge in [0.2, 0.25) is 0 Å². The zero-order chi connectivity index (χ0) is 11.6. The lowest BCUT2D eigenvalue weighted by atomic mass is 10.1. The normalized spacial score (nSPS) is 16.8. The van der Waals surface area contributed by atoms with Gasteiger partial charge in [-0.1, -0.05) is 12.1 Å². The first-order valence-corrected chi connectivity index (χ1v) is 5.32. The molecule has 1 aliphatic rings. The number of ether oxygens (including phenoxy) is 1. The molecule has 3 N–H and O–H groups in total. The highest BCUT2D eigenvalue weighted by molar-refractivity contribution is 5.90. The van der Waals surface area contributed by atoms with Gasteiger partial charge in [-0.25, -0.2) is 4.79 Å². The van der Waals surface area contributed by atoms with E-state index in [4.69, 9.17) is 15.6 Å². The van der Waals surface area contributed by atoms with Crippen LogP contribution in [0.3, 0.4) is 0 Å². The monoisotopic (exact) mass is 221 g/mol. The van der Waals surface area contributed by atoms with Crippen LogP contribution in [0, 0.1) is 5.41 Å². The Morgan fingerprint density at radius 2 is 2.12 bits per heavy atom. The quantitative estimate of drug-likeness (QED) is 0.790. The van der Waals surface area contributed by atoms with Gasteiger partial charge in [-0.3, -0.25) is 0 Å². The first-order valence-electron chi connectivity index (χ1n) is 5.32. The van der Waals surface area contributed by atoms with Crippen molar-refractivity contribution in [3.8, 4) is 5.75 Å². The van der Waals surface area contributed by atoms with E-state index >= 15 is 0 Å². The fraction of sp³-hybridized carbons (Fsp3) is 0.417. The van der Waals surface area contributed by atoms with Gasteiger partial charge in [-0.15, -0.1) is 0 Å². The van der Waals surface area contributed by atoms with E-state index in [1.165, 1.54) is 0 Å². The predicted octanol–water partition coefficient (Wildman–Crippen LogP) is 1.50. The SMILES string of the molecule is NCC1(COc2ccccc2C(=O)O)CC1. The predicted molar refractivity (Wildman–Crippen MR) is 59.6 cm³/mol. The van der Waals surface area contributed by atoms with Crippen LogP contribution >= 0.6 is 0 Å². The van der Waals surface area contributed by atoms with E-state index in [0.717, 1.165) is 12.8 Å². The largest absolute Gasteiger partial charge is 0.492 e. The van der Waals surface area contributed by atoms with Crippen molar-refractivity contribution in [2.75, 3.05) is 13.2 Å². The van der Waals surface area contributed by atoms with Crippen LogP contribution in [-0.2, 0) is 0 Å². The lowest BCUT2D eigenvalue weighted by molar-refractivity contribution is 0.0691. The zero-order valence-corrected chi connectivity index (χ0v) is 8.98. The average Bonchev–Trinajstić information content (AvgIpc) is 3.07. The molecule has 0 aliphatic heterocycles. The van der Waals surface area contributed by atoms with Crippen LogP contribution in [0.15, 0.2) is 24.3 Å². The summed E-state index contributed by atoms with van der Waals surface area (Å²) in [4.78, 5) is 10.9. The van der Waals surface area contributed by atoms with Crippen LogP contribution in [-0.4, -0.2) is 24.2 Å². The Bertz CT molecular complexity index is 399. The Morgan fingerprint density at radius 1 is 1.44 bits per heavy atom. The lowest BCUT2D eigenvalue weighted by Gasteiger charge is -2.14. The van der Waals surface area contributed by atoms with Crippen LogP contribution in [0.4, 0.5) is 0 Å². The third-order valence-corrected chi connectivity index (χ3v) is 3.04. The van der Waals surface area contributed by atoms with Crippen molar-refractivity contribution in [2.24, 2.45) is 11.1 Å². The molecule has 0 atom stereocenters. The van der Waals surface area contributed by atoms with Gasteiger partial charge in [-0.2, -0.15) is 0 Å². The fourth-order valence-electron chi connectivity index (χ4n) is 1.58. The second-order valence-corrected chi connectivity index (χ2v) is 4.29. The molecule has 1 aromatic carbocycles. The molecule has 1 fully saturated rings. The number of aromatic carboxylic acids is 1. The molecule has 0 unspecified atom stereocenters. The highest BCUT2D eigenvalue weighted by Crippen LogP contribution is 2.44. The number of carboxylic acid groups (broad SMARTS) is 1. The third-order valence-electron chi connectivity index (χ3n) is 3.04. The Hall–Kier alpha value is -1.55. The fourth-order valence-corrected chi connectivity index (χ4v) is 1.58. The highest BCUT2D eigenvalue weighted by Gasteiger charge is 2.42. The Balaban J connectivity index is 2.06. The number of benzene rings is 1. The molecule has 4 heteroatoms. The van der Waals surface area contributed by atoms with Crippen molar-refractivity contribution >= 4 is 5.97 Å². The topological polar surface area (TPSA) is 72.5 Å².